The fourth-order valence-electron chi connectivity index (χ4n) is 7.47. The van der Waals surface area contributed by atoms with Crippen LogP contribution in [-0.4, -0.2) is 0 Å². The lowest BCUT2D eigenvalue weighted by atomic mass is 9.84. The number of aryl methyl sites for hydroxylation is 1. The van der Waals surface area contributed by atoms with Gasteiger partial charge in [-0.2, -0.15) is 0 Å². The van der Waals surface area contributed by atoms with Crippen LogP contribution in [0.15, 0.2) is 162 Å². The summed E-state index contributed by atoms with van der Waals surface area (Å²) in [6.07, 6.45) is 2.19. The van der Waals surface area contributed by atoms with Gasteiger partial charge >= 0.3 is 0 Å². The Hall–Kier alpha value is -6.18. The minimum atomic E-state index is 0.885. The second-order valence-corrected chi connectivity index (χ2v) is 12.6. The SMILES string of the molecule is C=c1cccc/c1=C/c1c(C)oc2cc(-c3cc(-c4c5ccccc5c(-c5ccccc5)c5ccccc45)cc4ccccc34)ccc12. The van der Waals surface area contributed by atoms with Crippen LogP contribution in [0.2, 0.25) is 0 Å². The van der Waals surface area contributed by atoms with Gasteiger partial charge in [-0.05, 0) is 113 Å². The van der Waals surface area contributed by atoms with E-state index in [-0.39, 0.29) is 0 Å². The molecular weight excluding hydrogens is 581 g/mol. The number of benzene rings is 8. The fourth-order valence-corrected chi connectivity index (χ4v) is 7.47. The number of furan rings is 1. The second kappa shape index (κ2) is 11.3. The highest BCUT2D eigenvalue weighted by Crippen LogP contribution is 2.45. The Labute approximate surface area is 279 Å². The van der Waals surface area contributed by atoms with Gasteiger partial charge < -0.3 is 4.42 Å². The van der Waals surface area contributed by atoms with E-state index in [1.54, 1.807) is 0 Å². The van der Waals surface area contributed by atoms with Crippen LogP contribution >= 0.6 is 0 Å². The molecular formula is C47H32O. The van der Waals surface area contributed by atoms with Gasteiger partial charge in [0.05, 0.1) is 0 Å². The van der Waals surface area contributed by atoms with Crippen molar-refractivity contribution in [2.45, 2.75) is 6.92 Å². The highest BCUT2D eigenvalue weighted by Gasteiger charge is 2.18. The molecule has 0 amide bonds. The van der Waals surface area contributed by atoms with Crippen molar-refractivity contribution in [1.29, 1.82) is 0 Å². The van der Waals surface area contributed by atoms with Crippen molar-refractivity contribution in [2.75, 3.05) is 0 Å². The third kappa shape index (κ3) is 4.55. The number of hydrogen-bond donors (Lipinski definition) is 0. The zero-order valence-corrected chi connectivity index (χ0v) is 26.7. The Morgan fingerprint density at radius 1 is 0.479 bits per heavy atom. The summed E-state index contributed by atoms with van der Waals surface area (Å²) in [6, 6.07) is 56.8. The molecule has 0 saturated heterocycles. The molecule has 0 aliphatic carbocycles. The molecule has 0 radical (unpaired) electrons. The molecule has 226 valence electrons. The molecule has 0 N–H and O–H groups in total. The normalized spacial score (nSPS) is 12.1. The van der Waals surface area contributed by atoms with Gasteiger partial charge in [0.1, 0.15) is 11.3 Å². The standard InChI is InChI=1S/C47H32O/c1-30-14-6-7-17-33(30)27-43-31(2)48-45-29-35(24-25-38(43)45)44-28-36(26-34-18-8-9-19-37(34)44)47-41-22-12-10-20-39(41)46(32-15-4-3-5-16-32)40-21-11-13-23-42(40)47/h3-29H,1H2,2H3/b33-27-. The quantitative estimate of drug-likeness (QED) is 0.180. The summed E-state index contributed by atoms with van der Waals surface area (Å²) in [4.78, 5) is 0. The minimum absolute atomic E-state index is 0.885. The zero-order valence-electron chi connectivity index (χ0n) is 26.7. The first kappa shape index (κ1) is 28.1. The molecule has 48 heavy (non-hydrogen) atoms. The van der Waals surface area contributed by atoms with Crippen LogP contribution in [0, 0.1) is 6.92 Å². The molecule has 1 heteroatoms. The molecule has 8 aromatic carbocycles. The van der Waals surface area contributed by atoms with Gasteiger partial charge in [-0.15, -0.1) is 0 Å². The highest BCUT2D eigenvalue weighted by atomic mass is 16.3. The van der Waals surface area contributed by atoms with E-state index in [0.29, 0.717) is 0 Å². The predicted octanol–water partition coefficient (Wildman–Crippen LogP) is 11.4. The van der Waals surface area contributed by atoms with Crippen molar-refractivity contribution >= 4 is 55.9 Å². The van der Waals surface area contributed by atoms with Gasteiger partial charge in [0.15, 0.2) is 0 Å². The molecule has 0 spiro atoms. The lowest BCUT2D eigenvalue weighted by Crippen LogP contribution is -2.21. The first-order valence-corrected chi connectivity index (χ1v) is 16.5. The van der Waals surface area contributed by atoms with Gasteiger partial charge in [0.25, 0.3) is 0 Å². The first-order valence-electron chi connectivity index (χ1n) is 16.5. The maximum Gasteiger partial charge on any atom is 0.135 e. The molecule has 1 heterocycles. The van der Waals surface area contributed by atoms with Crippen LogP contribution in [0.3, 0.4) is 0 Å². The molecule has 0 saturated carbocycles. The summed E-state index contributed by atoms with van der Waals surface area (Å²) < 4.78 is 6.42. The molecule has 1 aromatic heterocycles. The van der Waals surface area contributed by atoms with E-state index in [2.05, 4.69) is 158 Å². The van der Waals surface area contributed by atoms with E-state index in [0.717, 1.165) is 38.3 Å². The summed E-state index contributed by atoms with van der Waals surface area (Å²) in [5.41, 5.74) is 9.27. The lowest BCUT2D eigenvalue weighted by Gasteiger charge is -2.19. The minimum Gasteiger partial charge on any atom is -0.461 e. The summed E-state index contributed by atoms with van der Waals surface area (Å²) in [5, 5.41) is 10.6. The summed E-state index contributed by atoms with van der Waals surface area (Å²) >= 11 is 0. The van der Waals surface area contributed by atoms with Crippen molar-refractivity contribution in [3.05, 3.63) is 179 Å². The van der Waals surface area contributed by atoms with E-state index in [9.17, 15) is 0 Å². The number of fused-ring (bicyclic) bond motifs is 4. The smallest absolute Gasteiger partial charge is 0.135 e. The predicted molar refractivity (Wildman–Crippen MR) is 205 cm³/mol. The summed E-state index contributed by atoms with van der Waals surface area (Å²) in [7, 11) is 0. The Bertz CT molecular complexity index is 2740. The van der Waals surface area contributed by atoms with E-state index in [1.807, 2.05) is 19.1 Å². The average Bonchev–Trinajstić information content (AvgIpc) is 3.44. The molecule has 0 fully saturated rings. The Kier molecular flexibility index (Phi) is 6.59. The second-order valence-electron chi connectivity index (χ2n) is 12.6. The summed E-state index contributed by atoms with van der Waals surface area (Å²) in [5.74, 6) is 0.903. The maximum absolute atomic E-state index is 6.42. The molecule has 0 atom stereocenters. The largest absolute Gasteiger partial charge is 0.461 e. The lowest BCUT2D eigenvalue weighted by molar-refractivity contribution is 0.577. The van der Waals surface area contributed by atoms with Crippen LogP contribution in [-0.2, 0) is 0 Å². The zero-order chi connectivity index (χ0) is 32.2. The van der Waals surface area contributed by atoms with Gasteiger partial charge in [-0.25, -0.2) is 0 Å². The maximum atomic E-state index is 6.42. The molecule has 0 unspecified atom stereocenters. The van der Waals surface area contributed by atoms with Crippen molar-refractivity contribution in [3.63, 3.8) is 0 Å². The van der Waals surface area contributed by atoms with Gasteiger partial charge in [0.2, 0.25) is 0 Å². The fraction of sp³-hybridized carbons (Fsp3) is 0.0213. The monoisotopic (exact) mass is 612 g/mol. The van der Waals surface area contributed by atoms with Gasteiger partial charge in [-0.3, -0.25) is 0 Å². The molecule has 0 aliphatic heterocycles. The molecule has 9 rings (SSSR count). The third-order valence-electron chi connectivity index (χ3n) is 9.72. The molecule has 0 aliphatic rings. The van der Waals surface area contributed by atoms with Crippen LogP contribution in [0.1, 0.15) is 11.3 Å². The highest BCUT2D eigenvalue weighted by molar-refractivity contribution is 6.22. The van der Waals surface area contributed by atoms with Gasteiger partial charge in [0, 0.05) is 10.9 Å². The van der Waals surface area contributed by atoms with Crippen molar-refractivity contribution in [3.8, 4) is 33.4 Å². The van der Waals surface area contributed by atoms with Crippen LogP contribution in [0.5, 0.6) is 0 Å². The molecule has 9 aromatic rings. The topological polar surface area (TPSA) is 13.1 Å². The average molecular weight is 613 g/mol. The Balaban J connectivity index is 1.30. The van der Waals surface area contributed by atoms with Crippen LogP contribution in [0.4, 0.5) is 0 Å². The number of hydrogen-bond acceptors (Lipinski definition) is 1. The first-order chi connectivity index (χ1) is 23.6. The van der Waals surface area contributed by atoms with E-state index >= 15 is 0 Å². The summed E-state index contributed by atoms with van der Waals surface area (Å²) in [6.45, 7) is 6.27. The Morgan fingerprint density at radius 2 is 1.06 bits per heavy atom. The third-order valence-corrected chi connectivity index (χ3v) is 9.72. The van der Waals surface area contributed by atoms with Crippen molar-refractivity contribution < 1.29 is 4.42 Å². The molecule has 0 bridgehead atoms. The van der Waals surface area contributed by atoms with E-state index < -0.39 is 0 Å². The van der Waals surface area contributed by atoms with Crippen LogP contribution < -0.4 is 10.4 Å². The van der Waals surface area contributed by atoms with E-state index in [4.69, 9.17) is 4.42 Å². The molecule has 1 nitrogen and oxygen atoms in total. The van der Waals surface area contributed by atoms with Gasteiger partial charge in [-0.1, -0.05) is 140 Å². The number of rotatable bonds is 4. The van der Waals surface area contributed by atoms with Crippen molar-refractivity contribution in [2.24, 2.45) is 0 Å². The van der Waals surface area contributed by atoms with Crippen LogP contribution in [0.25, 0.3) is 89.3 Å². The Morgan fingerprint density at radius 3 is 1.75 bits per heavy atom. The van der Waals surface area contributed by atoms with Crippen molar-refractivity contribution in [1.82, 2.24) is 0 Å². The van der Waals surface area contributed by atoms with E-state index in [1.165, 1.54) is 60.1 Å².